The molecule has 0 unspecified atom stereocenters. The molecule has 326 valence electrons. The van der Waals surface area contributed by atoms with Gasteiger partial charge >= 0.3 is 0 Å². The molecule has 0 radical (unpaired) electrons. The minimum absolute atomic E-state index is 0.601. The molecule has 5 heteroatoms. The minimum atomic E-state index is 0.601. The Morgan fingerprint density at radius 3 is 1.54 bits per heavy atom. The molecule has 0 saturated heterocycles. The lowest BCUT2D eigenvalue weighted by Crippen LogP contribution is -2.04. The van der Waals surface area contributed by atoms with E-state index in [1.165, 1.54) is 21.5 Å². The van der Waals surface area contributed by atoms with E-state index < -0.39 is 0 Å². The van der Waals surface area contributed by atoms with E-state index in [9.17, 15) is 0 Å². The first-order chi connectivity index (χ1) is 34.7. The quantitative estimate of drug-likeness (QED) is 0.160. The van der Waals surface area contributed by atoms with Crippen molar-refractivity contribution in [3.05, 3.63) is 249 Å². The molecule has 14 aromatic rings. The molecular formula is C65H41N5. The molecule has 14 rings (SSSR count). The van der Waals surface area contributed by atoms with Crippen molar-refractivity contribution in [2.75, 3.05) is 0 Å². The summed E-state index contributed by atoms with van der Waals surface area (Å²) in [6.07, 6.45) is 0. The lowest BCUT2D eigenvalue weighted by atomic mass is 9.92. The summed E-state index contributed by atoms with van der Waals surface area (Å²) in [5, 5.41) is 9.19. The third-order valence-electron chi connectivity index (χ3n) is 13.9. The maximum Gasteiger partial charge on any atom is 0.164 e. The number of benzene rings is 11. The largest absolute Gasteiger partial charge is 0.309 e. The number of para-hydroxylation sites is 3. The Balaban J connectivity index is 1.09. The molecule has 0 spiro atoms. The van der Waals surface area contributed by atoms with Crippen LogP contribution in [0.3, 0.4) is 0 Å². The van der Waals surface area contributed by atoms with Crippen LogP contribution in [0, 0.1) is 0 Å². The molecule has 11 aromatic carbocycles. The van der Waals surface area contributed by atoms with Crippen LogP contribution in [-0.2, 0) is 0 Å². The number of aromatic nitrogens is 5. The zero-order chi connectivity index (χ0) is 46.1. The average molecular weight is 892 g/mol. The van der Waals surface area contributed by atoms with Crippen molar-refractivity contribution in [3.8, 4) is 67.8 Å². The first-order valence-electron chi connectivity index (χ1n) is 23.8. The van der Waals surface area contributed by atoms with E-state index in [0.717, 1.165) is 93.9 Å². The van der Waals surface area contributed by atoms with Crippen molar-refractivity contribution >= 4 is 65.2 Å². The van der Waals surface area contributed by atoms with E-state index in [4.69, 9.17) is 15.0 Å². The van der Waals surface area contributed by atoms with Gasteiger partial charge in [-0.2, -0.15) is 0 Å². The Hall–Kier alpha value is -9.45. The molecular weight excluding hydrogens is 851 g/mol. The van der Waals surface area contributed by atoms with Gasteiger partial charge in [0.05, 0.1) is 27.8 Å². The summed E-state index contributed by atoms with van der Waals surface area (Å²) >= 11 is 0. The molecule has 70 heavy (non-hydrogen) atoms. The van der Waals surface area contributed by atoms with Gasteiger partial charge in [0.15, 0.2) is 17.5 Å². The molecule has 0 aliphatic heterocycles. The third kappa shape index (κ3) is 6.36. The zero-order valence-corrected chi connectivity index (χ0v) is 37.9. The van der Waals surface area contributed by atoms with E-state index in [2.05, 4.69) is 240 Å². The predicted molar refractivity (Wildman–Crippen MR) is 291 cm³/mol. The van der Waals surface area contributed by atoms with E-state index in [0.29, 0.717) is 17.5 Å². The van der Waals surface area contributed by atoms with Gasteiger partial charge in [0.2, 0.25) is 0 Å². The molecule has 0 aliphatic rings. The molecule has 0 aliphatic carbocycles. The molecule has 5 nitrogen and oxygen atoms in total. The number of hydrogen-bond donors (Lipinski definition) is 0. The monoisotopic (exact) mass is 891 g/mol. The summed E-state index contributed by atoms with van der Waals surface area (Å²) in [5.74, 6) is 1.82. The van der Waals surface area contributed by atoms with Crippen LogP contribution in [0.4, 0.5) is 0 Å². The first-order valence-corrected chi connectivity index (χ1v) is 23.8. The fourth-order valence-electron chi connectivity index (χ4n) is 10.8. The highest BCUT2D eigenvalue weighted by Gasteiger charge is 2.25. The summed E-state index contributed by atoms with van der Waals surface area (Å²) < 4.78 is 4.83. The van der Waals surface area contributed by atoms with Crippen molar-refractivity contribution in [1.82, 2.24) is 24.1 Å². The molecule has 0 fully saturated rings. The second-order valence-electron chi connectivity index (χ2n) is 17.9. The van der Waals surface area contributed by atoms with Crippen LogP contribution in [-0.4, -0.2) is 24.1 Å². The number of nitrogens with zero attached hydrogens (tertiary/aromatic N) is 5. The van der Waals surface area contributed by atoms with Crippen molar-refractivity contribution in [1.29, 1.82) is 0 Å². The summed E-state index contributed by atoms with van der Waals surface area (Å²) in [7, 11) is 0. The topological polar surface area (TPSA) is 48.5 Å². The van der Waals surface area contributed by atoms with Gasteiger partial charge in [-0.05, 0) is 87.4 Å². The van der Waals surface area contributed by atoms with Crippen molar-refractivity contribution in [3.63, 3.8) is 0 Å². The zero-order valence-electron chi connectivity index (χ0n) is 37.9. The Bertz CT molecular complexity index is 4340. The highest BCUT2D eigenvalue weighted by molar-refractivity contribution is 6.17. The van der Waals surface area contributed by atoms with Gasteiger partial charge < -0.3 is 9.13 Å². The lowest BCUT2D eigenvalue weighted by Gasteiger charge is -2.20. The van der Waals surface area contributed by atoms with Crippen LogP contribution < -0.4 is 0 Å². The van der Waals surface area contributed by atoms with Crippen LogP contribution in [0.5, 0.6) is 0 Å². The molecule has 0 amide bonds. The third-order valence-corrected chi connectivity index (χ3v) is 13.9. The van der Waals surface area contributed by atoms with Crippen LogP contribution in [0.1, 0.15) is 0 Å². The van der Waals surface area contributed by atoms with Crippen LogP contribution >= 0.6 is 0 Å². The lowest BCUT2D eigenvalue weighted by molar-refractivity contribution is 1.08. The van der Waals surface area contributed by atoms with E-state index in [-0.39, 0.29) is 0 Å². The van der Waals surface area contributed by atoms with E-state index >= 15 is 0 Å². The standard InChI is InChI=1S/C65H41N5/c1-4-20-42(21-5-1)44-26-18-27-47(38-44)54-41-56(49-30-12-13-32-51(49)62(54)70-57-35-16-14-31-50(57)55-39-45-24-10-11-25-46(45)40-60(55)70)65-67-63(43-22-6-2-7-23-43)66-64(68-65)53-34-19-37-59-61(53)52-33-15-17-36-58(52)69(59)48-28-8-3-9-29-48/h1-41H. The minimum Gasteiger partial charge on any atom is -0.309 e. The van der Waals surface area contributed by atoms with Crippen LogP contribution in [0.25, 0.3) is 133 Å². The normalized spacial score (nSPS) is 11.7. The highest BCUT2D eigenvalue weighted by atomic mass is 15.0. The van der Waals surface area contributed by atoms with Gasteiger partial charge in [-0.25, -0.2) is 15.0 Å². The van der Waals surface area contributed by atoms with Crippen molar-refractivity contribution in [2.45, 2.75) is 0 Å². The second-order valence-corrected chi connectivity index (χ2v) is 17.9. The highest BCUT2D eigenvalue weighted by Crippen LogP contribution is 2.45. The molecule has 3 aromatic heterocycles. The summed E-state index contributed by atoms with van der Waals surface area (Å²) in [4.78, 5) is 16.4. The summed E-state index contributed by atoms with van der Waals surface area (Å²) in [5.41, 5.74) is 13.9. The summed E-state index contributed by atoms with van der Waals surface area (Å²) in [6.45, 7) is 0. The fourth-order valence-corrected chi connectivity index (χ4v) is 10.8. The van der Waals surface area contributed by atoms with Gasteiger partial charge in [0, 0.05) is 54.9 Å². The number of rotatable bonds is 7. The number of fused-ring (bicyclic) bond motifs is 8. The second kappa shape index (κ2) is 16.1. The Morgan fingerprint density at radius 1 is 0.257 bits per heavy atom. The summed E-state index contributed by atoms with van der Waals surface area (Å²) in [6, 6.07) is 88.8. The van der Waals surface area contributed by atoms with Gasteiger partial charge in [0.1, 0.15) is 0 Å². The molecule has 0 bridgehead atoms. The Morgan fingerprint density at radius 2 is 0.786 bits per heavy atom. The fraction of sp³-hybridized carbons (Fsp3) is 0. The molecule has 0 N–H and O–H groups in total. The predicted octanol–water partition coefficient (Wildman–Crippen LogP) is 16.7. The van der Waals surface area contributed by atoms with Gasteiger partial charge in [0.25, 0.3) is 0 Å². The molecule has 3 heterocycles. The van der Waals surface area contributed by atoms with Crippen LogP contribution in [0.15, 0.2) is 249 Å². The Kier molecular flexibility index (Phi) is 9.14. The van der Waals surface area contributed by atoms with Crippen LogP contribution in [0.2, 0.25) is 0 Å². The smallest absolute Gasteiger partial charge is 0.164 e. The van der Waals surface area contributed by atoms with Gasteiger partial charge in [-0.3, -0.25) is 0 Å². The van der Waals surface area contributed by atoms with E-state index in [1.807, 2.05) is 18.2 Å². The SMILES string of the molecule is c1ccc(-c2cccc(-c3cc(-c4nc(-c5ccccc5)nc(-c5cccc6c5c5ccccc5n6-c5ccccc5)n4)c4ccccc4c3-n3c4ccccc4c4cc5ccccc5cc43)c2)cc1. The first kappa shape index (κ1) is 39.7. The molecule has 0 saturated carbocycles. The Labute approximate surface area is 403 Å². The van der Waals surface area contributed by atoms with Gasteiger partial charge in [-0.1, -0.05) is 194 Å². The van der Waals surface area contributed by atoms with Gasteiger partial charge in [-0.15, -0.1) is 0 Å². The number of hydrogen-bond acceptors (Lipinski definition) is 3. The van der Waals surface area contributed by atoms with E-state index in [1.54, 1.807) is 0 Å². The maximum atomic E-state index is 5.58. The average Bonchev–Trinajstić information content (AvgIpc) is 3.95. The van der Waals surface area contributed by atoms with Crippen molar-refractivity contribution in [2.24, 2.45) is 0 Å². The maximum absolute atomic E-state index is 5.58. The molecule has 0 atom stereocenters. The van der Waals surface area contributed by atoms with Crippen molar-refractivity contribution < 1.29 is 0 Å².